The number of hydrogen-bond acceptors (Lipinski definition) is 5. The highest BCUT2D eigenvalue weighted by Gasteiger charge is 2.36. The lowest BCUT2D eigenvalue weighted by Crippen LogP contribution is -2.36. The van der Waals surface area contributed by atoms with Gasteiger partial charge in [-0.1, -0.05) is 42.8 Å². The Bertz CT molecular complexity index is 1670. The third-order valence-corrected chi connectivity index (χ3v) is 7.73. The van der Waals surface area contributed by atoms with Gasteiger partial charge in [-0.3, -0.25) is 0 Å². The van der Waals surface area contributed by atoms with Crippen molar-refractivity contribution in [1.82, 2.24) is 25.1 Å². The number of nitrogens with zero attached hydrogens (tertiary/aromatic N) is 4. The normalized spacial score (nSPS) is 14.9. The average molecular weight is 550 g/mol. The van der Waals surface area contributed by atoms with Gasteiger partial charge in [0.25, 0.3) is 0 Å². The van der Waals surface area contributed by atoms with E-state index in [0.29, 0.717) is 28.4 Å². The van der Waals surface area contributed by atoms with Crippen LogP contribution in [0.25, 0.3) is 45.1 Å². The van der Waals surface area contributed by atoms with Crippen molar-refractivity contribution in [3.63, 3.8) is 0 Å². The summed E-state index contributed by atoms with van der Waals surface area (Å²) in [7, 11) is 1.70. The number of hydrogen-bond donors (Lipinski definition) is 1. The molecule has 1 N–H and O–H groups in total. The topological polar surface area (TPSA) is 68.8 Å². The van der Waals surface area contributed by atoms with E-state index in [0.717, 1.165) is 24.5 Å². The fourth-order valence-corrected chi connectivity index (χ4v) is 5.28. The van der Waals surface area contributed by atoms with Crippen LogP contribution in [0.15, 0.2) is 65.3 Å². The highest BCUT2D eigenvalue weighted by atomic mass is 19.4. The Balaban J connectivity index is 1.52. The van der Waals surface area contributed by atoms with E-state index < -0.39 is 23.1 Å². The third-order valence-electron chi connectivity index (χ3n) is 7.73. The molecule has 0 aliphatic heterocycles. The molecule has 0 radical (unpaired) electrons. The number of aromatic nitrogens is 4. The van der Waals surface area contributed by atoms with Crippen LogP contribution in [0.5, 0.6) is 0 Å². The standard InChI is InChI=1S/C30H27F4N5O/c1-17(19-9-6-10-19)35-15-18-13-22(30(32,33)34)27-24(14-18)37-29(40-27)26-23(31)12-11-21(20-7-4-3-5-8-20)25(26)28-38-36-16-39(28)2/h3-5,7-8,11-14,16-17,19,35H,6,9-10,15H2,1-2H3. The van der Waals surface area contributed by atoms with Gasteiger partial charge in [-0.15, -0.1) is 10.2 Å². The summed E-state index contributed by atoms with van der Waals surface area (Å²) in [5.41, 5.74) is 0.666. The van der Waals surface area contributed by atoms with Crippen molar-refractivity contribution in [2.45, 2.75) is 44.9 Å². The molecule has 40 heavy (non-hydrogen) atoms. The highest BCUT2D eigenvalue weighted by Crippen LogP contribution is 2.43. The summed E-state index contributed by atoms with van der Waals surface area (Å²) in [5.74, 6) is -0.111. The van der Waals surface area contributed by atoms with Crippen molar-refractivity contribution < 1.29 is 22.0 Å². The minimum Gasteiger partial charge on any atom is -0.435 e. The summed E-state index contributed by atoms with van der Waals surface area (Å²) in [6, 6.07) is 15.0. The van der Waals surface area contributed by atoms with Gasteiger partial charge in [-0.25, -0.2) is 9.37 Å². The molecule has 6 rings (SSSR count). The SMILES string of the molecule is CC(NCc1cc(C(F)(F)F)c2oc(-c3c(F)ccc(-c4ccccc4)c3-c3nncn3C)nc2c1)C1CCC1. The van der Waals surface area contributed by atoms with Gasteiger partial charge in [0.05, 0.1) is 5.56 Å². The Hall–Kier alpha value is -4.05. The molecule has 2 aromatic heterocycles. The second kappa shape index (κ2) is 10.2. The molecule has 206 valence electrons. The van der Waals surface area contributed by atoms with Crippen LogP contribution < -0.4 is 5.32 Å². The van der Waals surface area contributed by atoms with E-state index in [2.05, 4.69) is 27.4 Å². The molecule has 1 aliphatic rings. The first-order valence-corrected chi connectivity index (χ1v) is 13.2. The Kier molecular flexibility index (Phi) is 6.66. The maximum Gasteiger partial charge on any atom is 0.420 e. The number of oxazole rings is 1. The van der Waals surface area contributed by atoms with Crippen LogP contribution >= 0.6 is 0 Å². The molecule has 5 aromatic rings. The molecule has 3 aromatic carbocycles. The lowest BCUT2D eigenvalue weighted by Gasteiger charge is -2.32. The molecule has 0 saturated heterocycles. The summed E-state index contributed by atoms with van der Waals surface area (Å²) in [5, 5.41) is 11.5. The third kappa shape index (κ3) is 4.77. The van der Waals surface area contributed by atoms with Crippen molar-refractivity contribution >= 4 is 11.1 Å². The van der Waals surface area contributed by atoms with Crippen molar-refractivity contribution in [1.29, 1.82) is 0 Å². The first-order valence-electron chi connectivity index (χ1n) is 13.2. The minimum atomic E-state index is -4.69. The van der Waals surface area contributed by atoms with Gasteiger partial charge < -0.3 is 14.3 Å². The van der Waals surface area contributed by atoms with Gasteiger partial charge in [0.1, 0.15) is 23.2 Å². The van der Waals surface area contributed by atoms with E-state index in [4.69, 9.17) is 4.42 Å². The lowest BCUT2D eigenvalue weighted by molar-refractivity contribution is -0.136. The Morgan fingerprint density at radius 3 is 2.50 bits per heavy atom. The van der Waals surface area contributed by atoms with E-state index >= 15 is 4.39 Å². The molecule has 6 nitrogen and oxygen atoms in total. The van der Waals surface area contributed by atoms with Crippen molar-refractivity contribution in [2.24, 2.45) is 13.0 Å². The van der Waals surface area contributed by atoms with Gasteiger partial charge in [-0.2, -0.15) is 13.2 Å². The molecule has 1 aliphatic carbocycles. The van der Waals surface area contributed by atoms with Crippen LogP contribution in [0.2, 0.25) is 0 Å². The van der Waals surface area contributed by atoms with Crippen LogP contribution in [0, 0.1) is 11.7 Å². The van der Waals surface area contributed by atoms with Crippen molar-refractivity contribution in [3.05, 3.63) is 77.9 Å². The van der Waals surface area contributed by atoms with E-state index in [1.54, 1.807) is 23.7 Å². The molecular weight excluding hydrogens is 522 g/mol. The first-order chi connectivity index (χ1) is 19.2. The van der Waals surface area contributed by atoms with Gasteiger partial charge in [0.15, 0.2) is 11.4 Å². The predicted molar refractivity (Wildman–Crippen MR) is 143 cm³/mol. The maximum atomic E-state index is 15.6. The number of halogens is 4. The summed E-state index contributed by atoms with van der Waals surface area (Å²) in [4.78, 5) is 4.41. The number of fused-ring (bicyclic) bond motifs is 1. The summed E-state index contributed by atoms with van der Waals surface area (Å²) < 4.78 is 65.7. The van der Waals surface area contributed by atoms with Crippen LogP contribution in [-0.4, -0.2) is 25.8 Å². The summed E-state index contributed by atoms with van der Waals surface area (Å²) in [6.45, 7) is 2.30. The zero-order valence-electron chi connectivity index (χ0n) is 22.0. The molecule has 1 fully saturated rings. The van der Waals surface area contributed by atoms with Gasteiger partial charge in [0, 0.05) is 25.2 Å². The summed E-state index contributed by atoms with van der Waals surface area (Å²) in [6.07, 6.45) is 0.198. The van der Waals surface area contributed by atoms with Gasteiger partial charge >= 0.3 is 6.18 Å². The molecule has 10 heteroatoms. The van der Waals surface area contributed by atoms with Crippen LogP contribution in [-0.2, 0) is 19.8 Å². The molecular formula is C30H27F4N5O. The van der Waals surface area contributed by atoms with Crippen LogP contribution in [0.4, 0.5) is 17.6 Å². The Morgan fingerprint density at radius 1 is 1.07 bits per heavy atom. The fourth-order valence-electron chi connectivity index (χ4n) is 5.28. The largest absolute Gasteiger partial charge is 0.435 e. The van der Waals surface area contributed by atoms with Gasteiger partial charge in [-0.05, 0) is 60.6 Å². The number of aryl methyl sites for hydroxylation is 1. The number of benzene rings is 3. The molecule has 0 bridgehead atoms. The second-order valence-electron chi connectivity index (χ2n) is 10.3. The van der Waals surface area contributed by atoms with E-state index in [1.807, 2.05) is 30.3 Å². The average Bonchev–Trinajstić information content (AvgIpc) is 3.51. The predicted octanol–water partition coefficient (Wildman–Crippen LogP) is 7.39. The first kappa shape index (κ1) is 26.2. The Morgan fingerprint density at radius 2 is 1.85 bits per heavy atom. The minimum absolute atomic E-state index is 0.00588. The zero-order chi connectivity index (χ0) is 28.0. The quantitative estimate of drug-likeness (QED) is 0.214. The number of rotatable bonds is 7. The molecule has 2 heterocycles. The Labute approximate surface area is 228 Å². The van der Waals surface area contributed by atoms with Crippen molar-refractivity contribution in [2.75, 3.05) is 0 Å². The van der Waals surface area contributed by atoms with Crippen molar-refractivity contribution in [3.8, 4) is 34.0 Å². The highest BCUT2D eigenvalue weighted by molar-refractivity contribution is 5.92. The molecule has 1 saturated carbocycles. The molecule has 1 unspecified atom stereocenters. The smallest absolute Gasteiger partial charge is 0.420 e. The summed E-state index contributed by atoms with van der Waals surface area (Å²) >= 11 is 0. The fraction of sp³-hybridized carbons (Fsp3) is 0.300. The second-order valence-corrected chi connectivity index (χ2v) is 10.3. The molecule has 0 amide bonds. The van der Waals surface area contributed by atoms with Crippen LogP contribution in [0.1, 0.15) is 37.3 Å². The lowest BCUT2D eigenvalue weighted by atomic mass is 9.80. The van der Waals surface area contributed by atoms with E-state index in [9.17, 15) is 13.2 Å². The molecule has 0 spiro atoms. The molecule has 1 atom stereocenters. The van der Waals surface area contributed by atoms with Gasteiger partial charge in [0.2, 0.25) is 5.89 Å². The number of nitrogens with one attached hydrogen (secondary N) is 1. The number of alkyl halides is 3. The monoisotopic (exact) mass is 549 g/mol. The van der Waals surface area contributed by atoms with Crippen LogP contribution in [0.3, 0.4) is 0 Å². The zero-order valence-corrected chi connectivity index (χ0v) is 22.0. The van der Waals surface area contributed by atoms with E-state index in [1.165, 1.54) is 18.8 Å². The van der Waals surface area contributed by atoms with E-state index in [-0.39, 0.29) is 29.6 Å². The maximum absolute atomic E-state index is 15.6.